The predicted molar refractivity (Wildman–Crippen MR) is 86.4 cm³/mol. The third-order valence-electron chi connectivity index (χ3n) is 3.32. The third kappa shape index (κ3) is 2.78. The molecule has 20 heavy (non-hydrogen) atoms. The molecule has 2 rings (SSSR count). The van der Waals surface area contributed by atoms with Gasteiger partial charge in [-0.3, -0.25) is 5.41 Å². The van der Waals surface area contributed by atoms with E-state index < -0.39 is 0 Å². The first-order chi connectivity index (χ1) is 9.40. The van der Waals surface area contributed by atoms with Crippen molar-refractivity contribution in [3.63, 3.8) is 0 Å². The quantitative estimate of drug-likeness (QED) is 0.662. The molecule has 3 nitrogen and oxygen atoms in total. The molecule has 0 amide bonds. The minimum atomic E-state index is 0.0354. The fraction of sp³-hybridized carbons (Fsp3) is 0.188. The summed E-state index contributed by atoms with van der Waals surface area (Å²) in [5.74, 6) is 0.0354. The Balaban J connectivity index is 2.55. The van der Waals surface area contributed by atoms with E-state index >= 15 is 0 Å². The lowest BCUT2D eigenvalue weighted by molar-refractivity contribution is 1.17. The van der Waals surface area contributed by atoms with Gasteiger partial charge in [-0.25, -0.2) is 0 Å². The molecule has 0 aliphatic heterocycles. The molecule has 3 N–H and O–H groups in total. The molecule has 0 saturated heterocycles. The van der Waals surface area contributed by atoms with Crippen LogP contribution in [0.1, 0.15) is 16.7 Å². The second-order valence-electron chi connectivity index (χ2n) is 4.92. The Labute approximate surface area is 124 Å². The lowest BCUT2D eigenvalue weighted by Crippen LogP contribution is -2.19. The minimum Gasteiger partial charge on any atom is -0.384 e. The third-order valence-corrected chi connectivity index (χ3v) is 3.56. The van der Waals surface area contributed by atoms with E-state index in [2.05, 4.69) is 32.0 Å². The van der Waals surface area contributed by atoms with E-state index in [1.54, 1.807) is 12.1 Å². The first-order valence-corrected chi connectivity index (χ1v) is 6.73. The fourth-order valence-corrected chi connectivity index (χ4v) is 2.49. The SMILES string of the molecule is Cc1ccc(N(C)c2cc(Cl)ccc2C(=N)N)c(C)c1. The van der Waals surface area contributed by atoms with Crippen molar-refractivity contribution in [1.29, 1.82) is 5.41 Å². The van der Waals surface area contributed by atoms with Crippen LogP contribution in [0.15, 0.2) is 36.4 Å². The highest BCUT2D eigenvalue weighted by Gasteiger charge is 2.13. The minimum absolute atomic E-state index is 0.0354. The number of hydrogen-bond acceptors (Lipinski definition) is 2. The molecule has 0 unspecified atom stereocenters. The van der Waals surface area contributed by atoms with Gasteiger partial charge in [0.1, 0.15) is 5.84 Å². The van der Waals surface area contributed by atoms with Crippen LogP contribution >= 0.6 is 11.6 Å². The maximum Gasteiger partial charge on any atom is 0.124 e. The Morgan fingerprint density at radius 1 is 1.10 bits per heavy atom. The number of nitrogens with zero attached hydrogens (tertiary/aromatic N) is 1. The standard InChI is InChI=1S/C16H18ClN3/c1-10-4-7-14(11(2)8-10)20(3)15-9-12(17)5-6-13(15)16(18)19/h4-9H,1-3H3,(H3,18,19). The average Bonchev–Trinajstić information content (AvgIpc) is 2.37. The summed E-state index contributed by atoms with van der Waals surface area (Å²) in [6.45, 7) is 4.13. The van der Waals surface area contributed by atoms with Crippen LogP contribution in [0.4, 0.5) is 11.4 Å². The van der Waals surface area contributed by atoms with E-state index in [0.717, 1.165) is 11.4 Å². The topological polar surface area (TPSA) is 53.1 Å². The normalized spacial score (nSPS) is 10.4. The van der Waals surface area contributed by atoms with Crippen LogP contribution in [0.25, 0.3) is 0 Å². The second-order valence-corrected chi connectivity index (χ2v) is 5.36. The molecule has 0 atom stereocenters. The summed E-state index contributed by atoms with van der Waals surface area (Å²) in [7, 11) is 1.95. The van der Waals surface area contributed by atoms with Crippen LogP contribution in [0.3, 0.4) is 0 Å². The summed E-state index contributed by atoms with van der Waals surface area (Å²) in [6.07, 6.45) is 0. The molecular weight excluding hydrogens is 270 g/mol. The highest BCUT2D eigenvalue weighted by molar-refractivity contribution is 6.31. The molecular formula is C16H18ClN3. The summed E-state index contributed by atoms with van der Waals surface area (Å²) in [6, 6.07) is 11.6. The lowest BCUT2D eigenvalue weighted by Gasteiger charge is -2.24. The molecule has 0 heterocycles. The Hall–Kier alpha value is -2.00. The highest BCUT2D eigenvalue weighted by atomic mass is 35.5. The molecule has 0 aliphatic carbocycles. The number of nitrogen functional groups attached to an aromatic ring is 1. The number of amidine groups is 1. The van der Waals surface area contributed by atoms with Crippen molar-refractivity contribution in [3.05, 3.63) is 58.1 Å². The number of nitrogens with two attached hydrogens (primary N) is 1. The Kier molecular flexibility index (Phi) is 4.00. The lowest BCUT2D eigenvalue weighted by atomic mass is 10.1. The molecule has 0 bridgehead atoms. The number of rotatable bonds is 3. The molecule has 0 radical (unpaired) electrons. The van der Waals surface area contributed by atoms with Gasteiger partial charge in [0, 0.05) is 23.3 Å². The van der Waals surface area contributed by atoms with E-state index in [1.807, 2.05) is 18.0 Å². The van der Waals surface area contributed by atoms with Crippen LogP contribution in [0.2, 0.25) is 5.02 Å². The Morgan fingerprint density at radius 3 is 2.40 bits per heavy atom. The Bertz CT molecular complexity index is 665. The maximum atomic E-state index is 7.70. The molecule has 4 heteroatoms. The van der Waals surface area contributed by atoms with Gasteiger partial charge in [0.05, 0.1) is 5.69 Å². The van der Waals surface area contributed by atoms with Gasteiger partial charge in [0.25, 0.3) is 0 Å². The highest BCUT2D eigenvalue weighted by Crippen LogP contribution is 2.31. The van der Waals surface area contributed by atoms with Gasteiger partial charge < -0.3 is 10.6 Å². The van der Waals surface area contributed by atoms with Crippen molar-refractivity contribution in [3.8, 4) is 0 Å². The summed E-state index contributed by atoms with van der Waals surface area (Å²) in [4.78, 5) is 2.01. The number of nitrogens with one attached hydrogen (secondary N) is 1. The van der Waals surface area contributed by atoms with Crippen molar-refractivity contribution >= 4 is 28.8 Å². The monoisotopic (exact) mass is 287 g/mol. The second kappa shape index (κ2) is 5.55. The van der Waals surface area contributed by atoms with Crippen LogP contribution in [0.5, 0.6) is 0 Å². The van der Waals surface area contributed by atoms with Crippen LogP contribution in [0, 0.1) is 19.3 Å². The van der Waals surface area contributed by atoms with E-state index in [-0.39, 0.29) is 5.84 Å². The molecule has 0 aromatic heterocycles. The van der Waals surface area contributed by atoms with Crippen molar-refractivity contribution in [2.45, 2.75) is 13.8 Å². The van der Waals surface area contributed by atoms with E-state index in [1.165, 1.54) is 11.1 Å². The zero-order valence-corrected chi connectivity index (χ0v) is 12.6. The first kappa shape index (κ1) is 14.4. The molecule has 0 aliphatic rings. The molecule has 104 valence electrons. The number of anilines is 2. The van der Waals surface area contributed by atoms with Crippen molar-refractivity contribution in [2.75, 3.05) is 11.9 Å². The fourth-order valence-electron chi connectivity index (χ4n) is 2.32. The van der Waals surface area contributed by atoms with Crippen LogP contribution in [-0.2, 0) is 0 Å². The van der Waals surface area contributed by atoms with Crippen LogP contribution in [-0.4, -0.2) is 12.9 Å². The van der Waals surface area contributed by atoms with Crippen molar-refractivity contribution < 1.29 is 0 Å². The molecule has 0 saturated carbocycles. The molecule has 2 aromatic rings. The van der Waals surface area contributed by atoms with Gasteiger partial charge in [-0.05, 0) is 43.7 Å². The van der Waals surface area contributed by atoms with Crippen molar-refractivity contribution in [2.24, 2.45) is 5.73 Å². The first-order valence-electron chi connectivity index (χ1n) is 6.35. The molecule has 0 fully saturated rings. The maximum absolute atomic E-state index is 7.70. The zero-order chi connectivity index (χ0) is 14.9. The largest absolute Gasteiger partial charge is 0.384 e. The average molecular weight is 288 g/mol. The number of halogens is 1. The van der Waals surface area contributed by atoms with Gasteiger partial charge in [-0.2, -0.15) is 0 Å². The van der Waals surface area contributed by atoms with Crippen LogP contribution < -0.4 is 10.6 Å². The smallest absolute Gasteiger partial charge is 0.124 e. The number of benzene rings is 2. The number of aryl methyl sites for hydroxylation is 2. The number of hydrogen-bond donors (Lipinski definition) is 2. The van der Waals surface area contributed by atoms with Gasteiger partial charge in [0.15, 0.2) is 0 Å². The van der Waals surface area contributed by atoms with Gasteiger partial charge in [-0.15, -0.1) is 0 Å². The molecule has 2 aromatic carbocycles. The Morgan fingerprint density at radius 2 is 1.80 bits per heavy atom. The summed E-state index contributed by atoms with van der Waals surface area (Å²) in [5, 5.41) is 8.32. The van der Waals surface area contributed by atoms with E-state index in [0.29, 0.717) is 10.6 Å². The van der Waals surface area contributed by atoms with E-state index in [9.17, 15) is 0 Å². The summed E-state index contributed by atoms with van der Waals surface area (Å²) >= 11 is 6.08. The predicted octanol–water partition coefficient (Wildman–Crippen LogP) is 4.01. The van der Waals surface area contributed by atoms with Crippen molar-refractivity contribution in [1.82, 2.24) is 0 Å². The van der Waals surface area contributed by atoms with Gasteiger partial charge >= 0.3 is 0 Å². The summed E-state index contributed by atoms with van der Waals surface area (Å²) < 4.78 is 0. The van der Waals surface area contributed by atoms with Gasteiger partial charge in [0.2, 0.25) is 0 Å². The molecule has 0 spiro atoms. The summed E-state index contributed by atoms with van der Waals surface area (Å²) in [5.41, 5.74) is 10.6. The van der Waals surface area contributed by atoms with E-state index in [4.69, 9.17) is 22.7 Å². The van der Waals surface area contributed by atoms with Gasteiger partial charge in [-0.1, -0.05) is 29.3 Å². The zero-order valence-electron chi connectivity index (χ0n) is 11.9.